The van der Waals surface area contributed by atoms with Gasteiger partial charge in [-0.05, 0) is 0 Å². The summed E-state index contributed by atoms with van der Waals surface area (Å²) in [7, 11) is 0. The SMILES string of the molecule is NC(COCCOCCOCCO)CC(=O)O. The van der Waals surface area contributed by atoms with Crippen molar-refractivity contribution in [3.8, 4) is 0 Å². The van der Waals surface area contributed by atoms with E-state index in [2.05, 4.69) is 0 Å². The molecule has 7 nitrogen and oxygen atoms in total. The van der Waals surface area contributed by atoms with Crippen molar-refractivity contribution in [3.63, 3.8) is 0 Å². The molecule has 1 unspecified atom stereocenters. The molecular weight excluding hydrogens is 230 g/mol. The van der Waals surface area contributed by atoms with Crippen molar-refractivity contribution in [1.29, 1.82) is 0 Å². The molecule has 0 amide bonds. The zero-order valence-electron chi connectivity index (χ0n) is 9.84. The van der Waals surface area contributed by atoms with E-state index in [4.69, 9.17) is 30.2 Å². The first-order valence-corrected chi connectivity index (χ1v) is 5.48. The van der Waals surface area contributed by atoms with Gasteiger partial charge < -0.3 is 30.2 Å². The van der Waals surface area contributed by atoms with Crippen molar-refractivity contribution in [1.82, 2.24) is 0 Å². The van der Waals surface area contributed by atoms with Crippen LogP contribution in [0.25, 0.3) is 0 Å². The summed E-state index contributed by atoms with van der Waals surface area (Å²) in [6.07, 6.45) is -0.101. The second-order valence-corrected chi connectivity index (χ2v) is 3.38. The molecule has 102 valence electrons. The fourth-order valence-electron chi connectivity index (χ4n) is 1.02. The minimum atomic E-state index is -0.932. The Labute approximate surface area is 100 Å². The van der Waals surface area contributed by atoms with Gasteiger partial charge in [-0.3, -0.25) is 4.79 Å². The highest BCUT2D eigenvalue weighted by atomic mass is 16.5. The maximum atomic E-state index is 10.3. The van der Waals surface area contributed by atoms with Crippen LogP contribution in [0.3, 0.4) is 0 Å². The third kappa shape index (κ3) is 13.2. The second-order valence-electron chi connectivity index (χ2n) is 3.38. The minimum absolute atomic E-state index is 0.00454. The van der Waals surface area contributed by atoms with Gasteiger partial charge in [-0.25, -0.2) is 0 Å². The number of ether oxygens (including phenoxy) is 3. The van der Waals surface area contributed by atoms with Crippen LogP contribution in [-0.4, -0.2) is 68.5 Å². The molecule has 0 bridgehead atoms. The number of carboxylic acid groups (broad SMARTS) is 1. The van der Waals surface area contributed by atoms with Crippen molar-refractivity contribution in [3.05, 3.63) is 0 Å². The van der Waals surface area contributed by atoms with Crippen molar-refractivity contribution in [2.75, 3.05) is 46.2 Å². The molecule has 0 aliphatic heterocycles. The molecule has 0 aromatic heterocycles. The minimum Gasteiger partial charge on any atom is -0.481 e. The van der Waals surface area contributed by atoms with E-state index in [1.807, 2.05) is 0 Å². The van der Waals surface area contributed by atoms with Gasteiger partial charge in [0, 0.05) is 6.04 Å². The van der Waals surface area contributed by atoms with Crippen LogP contribution in [0.5, 0.6) is 0 Å². The van der Waals surface area contributed by atoms with E-state index in [-0.39, 0.29) is 19.6 Å². The Morgan fingerprint density at radius 3 is 2.12 bits per heavy atom. The summed E-state index contributed by atoms with van der Waals surface area (Å²) in [6.45, 7) is 2.16. The standard InChI is InChI=1S/C10H21NO6/c11-9(7-10(13)14)8-17-6-5-16-4-3-15-2-1-12/h9,12H,1-8,11H2,(H,13,14). The first-order chi connectivity index (χ1) is 8.16. The molecule has 0 rings (SSSR count). The summed E-state index contributed by atoms with van der Waals surface area (Å²) in [5.74, 6) is -0.932. The lowest BCUT2D eigenvalue weighted by Crippen LogP contribution is -2.29. The molecular formula is C10H21NO6. The van der Waals surface area contributed by atoms with Crippen LogP contribution in [0.15, 0.2) is 0 Å². The van der Waals surface area contributed by atoms with Crippen LogP contribution in [0.1, 0.15) is 6.42 Å². The molecule has 4 N–H and O–H groups in total. The van der Waals surface area contributed by atoms with Crippen LogP contribution in [0.4, 0.5) is 0 Å². The van der Waals surface area contributed by atoms with Crippen LogP contribution in [-0.2, 0) is 19.0 Å². The zero-order chi connectivity index (χ0) is 12.9. The molecule has 1 atom stereocenters. The smallest absolute Gasteiger partial charge is 0.305 e. The monoisotopic (exact) mass is 251 g/mol. The fraction of sp³-hybridized carbons (Fsp3) is 0.900. The van der Waals surface area contributed by atoms with Gasteiger partial charge in [-0.15, -0.1) is 0 Å². The van der Waals surface area contributed by atoms with Crippen molar-refractivity contribution >= 4 is 5.97 Å². The summed E-state index contributed by atoms with van der Waals surface area (Å²) in [5.41, 5.74) is 5.48. The maximum Gasteiger partial charge on any atom is 0.305 e. The van der Waals surface area contributed by atoms with Gasteiger partial charge in [0.25, 0.3) is 0 Å². The van der Waals surface area contributed by atoms with Crippen LogP contribution in [0.2, 0.25) is 0 Å². The van der Waals surface area contributed by atoms with Gasteiger partial charge in [-0.2, -0.15) is 0 Å². The first kappa shape index (κ1) is 16.3. The second kappa shape index (κ2) is 11.7. The summed E-state index contributed by atoms with van der Waals surface area (Å²) in [5, 5.41) is 16.8. The topological polar surface area (TPSA) is 111 Å². The molecule has 0 spiro atoms. The highest BCUT2D eigenvalue weighted by molar-refractivity contribution is 5.67. The number of carbonyl (C=O) groups is 1. The largest absolute Gasteiger partial charge is 0.481 e. The highest BCUT2D eigenvalue weighted by Crippen LogP contribution is 1.90. The quantitative estimate of drug-likeness (QED) is 0.375. The number of aliphatic hydroxyl groups excluding tert-OH is 1. The maximum absolute atomic E-state index is 10.3. The lowest BCUT2D eigenvalue weighted by atomic mass is 10.2. The fourth-order valence-corrected chi connectivity index (χ4v) is 1.02. The van der Waals surface area contributed by atoms with E-state index in [0.717, 1.165) is 0 Å². The summed E-state index contributed by atoms with van der Waals surface area (Å²) < 4.78 is 15.3. The summed E-state index contributed by atoms with van der Waals surface area (Å²) in [6, 6.07) is -0.486. The van der Waals surface area contributed by atoms with Crippen molar-refractivity contribution < 1.29 is 29.2 Å². The Bertz CT molecular complexity index is 190. The van der Waals surface area contributed by atoms with E-state index < -0.39 is 12.0 Å². The van der Waals surface area contributed by atoms with Gasteiger partial charge in [-0.1, -0.05) is 0 Å². The van der Waals surface area contributed by atoms with E-state index in [1.54, 1.807) is 0 Å². The third-order valence-electron chi connectivity index (χ3n) is 1.75. The van der Waals surface area contributed by atoms with Crippen LogP contribution < -0.4 is 5.73 Å². The number of aliphatic hydroxyl groups is 1. The summed E-state index contributed by atoms with van der Waals surface area (Å²) >= 11 is 0. The average molecular weight is 251 g/mol. The Morgan fingerprint density at radius 2 is 1.59 bits per heavy atom. The molecule has 7 heteroatoms. The van der Waals surface area contributed by atoms with Gasteiger partial charge in [0.15, 0.2) is 0 Å². The Morgan fingerprint density at radius 1 is 1.06 bits per heavy atom. The summed E-state index contributed by atoms with van der Waals surface area (Å²) in [4.78, 5) is 10.3. The van der Waals surface area contributed by atoms with Crippen LogP contribution >= 0.6 is 0 Å². The van der Waals surface area contributed by atoms with E-state index in [9.17, 15) is 4.79 Å². The Kier molecular flexibility index (Phi) is 11.2. The molecule has 0 saturated carbocycles. The van der Waals surface area contributed by atoms with Gasteiger partial charge in [0.05, 0.1) is 52.7 Å². The molecule has 0 aromatic rings. The molecule has 0 aromatic carbocycles. The number of hydrogen-bond donors (Lipinski definition) is 3. The molecule has 17 heavy (non-hydrogen) atoms. The van der Waals surface area contributed by atoms with Crippen molar-refractivity contribution in [2.24, 2.45) is 5.73 Å². The van der Waals surface area contributed by atoms with Gasteiger partial charge in [0.2, 0.25) is 0 Å². The molecule has 0 aliphatic rings. The normalized spacial score (nSPS) is 12.6. The lowest BCUT2D eigenvalue weighted by molar-refractivity contribution is -0.137. The first-order valence-electron chi connectivity index (χ1n) is 5.48. The van der Waals surface area contributed by atoms with Gasteiger partial charge >= 0.3 is 5.97 Å². The number of carboxylic acids is 1. The number of nitrogens with two attached hydrogens (primary N) is 1. The number of aliphatic carboxylic acids is 1. The van der Waals surface area contributed by atoms with Crippen LogP contribution in [0, 0.1) is 0 Å². The highest BCUT2D eigenvalue weighted by Gasteiger charge is 2.07. The Hall–Kier alpha value is -0.730. The molecule has 0 aliphatic carbocycles. The average Bonchev–Trinajstić information content (AvgIpc) is 2.26. The predicted molar refractivity (Wildman–Crippen MR) is 59.8 cm³/mol. The Balaban J connectivity index is 3.10. The van der Waals surface area contributed by atoms with E-state index in [1.165, 1.54) is 0 Å². The molecule has 0 saturated heterocycles. The van der Waals surface area contributed by atoms with Crippen molar-refractivity contribution in [2.45, 2.75) is 12.5 Å². The molecule has 0 radical (unpaired) electrons. The van der Waals surface area contributed by atoms with E-state index >= 15 is 0 Å². The lowest BCUT2D eigenvalue weighted by Gasteiger charge is -2.10. The number of hydrogen-bond acceptors (Lipinski definition) is 6. The third-order valence-corrected chi connectivity index (χ3v) is 1.75. The van der Waals surface area contributed by atoms with E-state index in [0.29, 0.717) is 33.0 Å². The zero-order valence-corrected chi connectivity index (χ0v) is 9.84. The molecule has 0 heterocycles. The van der Waals surface area contributed by atoms with Gasteiger partial charge in [0.1, 0.15) is 0 Å². The predicted octanol–water partition coefficient (Wildman–Crippen LogP) is -1.17. The molecule has 0 fully saturated rings. The number of rotatable bonds is 12.